The molecule has 0 amide bonds. The molecule has 2 nitrogen and oxygen atoms in total. The van der Waals surface area contributed by atoms with E-state index in [1.807, 2.05) is 11.9 Å². The molecule has 0 rings (SSSR count). The molecular weight excluding hydrogens is 148 g/mol. The molecule has 0 aromatic heterocycles. The fraction of sp³-hybridized carbons (Fsp3) is 0.800. The van der Waals surface area contributed by atoms with Crippen LogP contribution in [-0.2, 0) is 0 Å². The molecule has 0 heterocycles. The molecule has 1 unspecified atom stereocenters. The van der Waals surface area contributed by atoms with Crippen LogP contribution in [0.25, 0.3) is 0 Å². The van der Waals surface area contributed by atoms with Gasteiger partial charge < -0.3 is 5.01 Å². The highest BCUT2D eigenvalue weighted by Crippen LogP contribution is 2.12. The van der Waals surface area contributed by atoms with Crippen molar-refractivity contribution in [2.45, 2.75) is 53.0 Å². The number of hydrogen-bond donors (Lipinski definition) is 1. The predicted octanol–water partition coefficient (Wildman–Crippen LogP) is 2.66. The predicted molar refractivity (Wildman–Crippen MR) is 54.4 cm³/mol. The number of hydrogen-bond acceptors (Lipinski definition) is 2. The molecule has 0 fully saturated rings. The highest BCUT2D eigenvalue weighted by molar-refractivity contribution is 4.98. The normalized spacial score (nSPS) is 14.6. The van der Waals surface area contributed by atoms with Crippen molar-refractivity contribution in [2.75, 3.05) is 0 Å². The molecule has 0 aliphatic rings. The summed E-state index contributed by atoms with van der Waals surface area (Å²) in [5, 5.41) is 1.89. The van der Waals surface area contributed by atoms with E-state index in [0.29, 0.717) is 6.04 Å². The van der Waals surface area contributed by atoms with Gasteiger partial charge in [0.15, 0.2) is 0 Å². The summed E-state index contributed by atoms with van der Waals surface area (Å²) >= 11 is 0. The summed E-state index contributed by atoms with van der Waals surface area (Å²) in [6.07, 6.45) is 5.44. The van der Waals surface area contributed by atoms with E-state index in [0.717, 1.165) is 19.3 Å². The number of allylic oxidation sites excluding steroid dienone is 2. The summed E-state index contributed by atoms with van der Waals surface area (Å²) in [7, 11) is 0. The Morgan fingerprint density at radius 1 is 1.50 bits per heavy atom. The van der Waals surface area contributed by atoms with Crippen LogP contribution in [0.1, 0.15) is 47.0 Å². The fourth-order valence-electron chi connectivity index (χ4n) is 1.16. The third kappa shape index (κ3) is 3.26. The molecule has 2 N–H and O–H groups in total. The largest absolute Gasteiger partial charge is 0.313 e. The highest BCUT2D eigenvalue weighted by atomic mass is 15.4. The van der Waals surface area contributed by atoms with E-state index in [-0.39, 0.29) is 0 Å². The maximum Gasteiger partial charge on any atom is 0.0417 e. The van der Waals surface area contributed by atoms with Crippen molar-refractivity contribution in [3.63, 3.8) is 0 Å². The second kappa shape index (κ2) is 6.06. The summed E-state index contributed by atoms with van der Waals surface area (Å²) < 4.78 is 0. The van der Waals surface area contributed by atoms with E-state index < -0.39 is 0 Å². The first-order valence-electron chi connectivity index (χ1n) is 4.86. The van der Waals surface area contributed by atoms with Gasteiger partial charge in [-0.1, -0.05) is 26.3 Å². The minimum atomic E-state index is 0.447. The summed E-state index contributed by atoms with van der Waals surface area (Å²) in [5.74, 6) is 5.93. The van der Waals surface area contributed by atoms with Crippen molar-refractivity contribution in [1.82, 2.24) is 5.01 Å². The Labute approximate surface area is 76.4 Å². The van der Waals surface area contributed by atoms with Crippen molar-refractivity contribution < 1.29 is 0 Å². The fourth-order valence-corrected chi connectivity index (χ4v) is 1.16. The zero-order chi connectivity index (χ0) is 9.56. The Kier molecular flexibility index (Phi) is 5.81. The van der Waals surface area contributed by atoms with Crippen molar-refractivity contribution in [1.29, 1.82) is 0 Å². The average Bonchev–Trinajstić information content (AvgIpc) is 2.11. The molecule has 0 radical (unpaired) electrons. The van der Waals surface area contributed by atoms with Gasteiger partial charge in [0.1, 0.15) is 0 Å². The lowest BCUT2D eigenvalue weighted by molar-refractivity contribution is 0.259. The Balaban J connectivity index is 4.12. The van der Waals surface area contributed by atoms with Gasteiger partial charge in [-0.3, -0.25) is 0 Å². The second-order valence-electron chi connectivity index (χ2n) is 3.19. The summed E-state index contributed by atoms with van der Waals surface area (Å²) in [5.41, 5.74) is 1.26. The van der Waals surface area contributed by atoms with E-state index in [9.17, 15) is 0 Å². The molecule has 1 atom stereocenters. The van der Waals surface area contributed by atoms with Crippen LogP contribution >= 0.6 is 0 Å². The zero-order valence-electron chi connectivity index (χ0n) is 8.80. The third-order valence-corrected chi connectivity index (χ3v) is 2.24. The smallest absolute Gasteiger partial charge is 0.0417 e. The maximum atomic E-state index is 5.93. The van der Waals surface area contributed by atoms with Crippen molar-refractivity contribution in [2.24, 2.45) is 5.84 Å². The lowest BCUT2D eigenvalue weighted by atomic mass is 10.2. The standard InChI is InChI=1S/C10H22N2/c1-5-8-10(7-3)12(11)9(4)6-2/h7,9H,5-6,8,11H2,1-4H3/b10-7-. The molecule has 0 aromatic carbocycles. The molecule has 0 aliphatic carbocycles. The molecule has 0 aliphatic heterocycles. The second-order valence-corrected chi connectivity index (χ2v) is 3.19. The van der Waals surface area contributed by atoms with Gasteiger partial charge in [-0.25, -0.2) is 5.84 Å². The Bertz CT molecular complexity index is 141. The van der Waals surface area contributed by atoms with E-state index in [1.54, 1.807) is 0 Å². The van der Waals surface area contributed by atoms with E-state index in [4.69, 9.17) is 5.84 Å². The first-order valence-corrected chi connectivity index (χ1v) is 4.86. The minimum Gasteiger partial charge on any atom is -0.313 e. The molecule has 72 valence electrons. The molecule has 0 bridgehead atoms. The maximum absolute atomic E-state index is 5.93. The topological polar surface area (TPSA) is 29.3 Å². The minimum absolute atomic E-state index is 0.447. The van der Waals surface area contributed by atoms with Gasteiger partial charge in [-0.05, 0) is 26.7 Å². The number of nitrogens with zero attached hydrogens (tertiary/aromatic N) is 1. The van der Waals surface area contributed by atoms with E-state index >= 15 is 0 Å². The monoisotopic (exact) mass is 170 g/mol. The molecule has 0 saturated heterocycles. The van der Waals surface area contributed by atoms with Crippen LogP contribution in [0.5, 0.6) is 0 Å². The Morgan fingerprint density at radius 2 is 2.08 bits per heavy atom. The summed E-state index contributed by atoms with van der Waals surface area (Å²) in [6, 6.07) is 0.447. The van der Waals surface area contributed by atoms with Crippen molar-refractivity contribution in [3.8, 4) is 0 Å². The van der Waals surface area contributed by atoms with Gasteiger partial charge in [0.25, 0.3) is 0 Å². The van der Waals surface area contributed by atoms with Crippen LogP contribution in [0.3, 0.4) is 0 Å². The van der Waals surface area contributed by atoms with Gasteiger partial charge in [0, 0.05) is 11.7 Å². The van der Waals surface area contributed by atoms with Crippen LogP contribution < -0.4 is 5.84 Å². The number of rotatable bonds is 5. The van der Waals surface area contributed by atoms with Gasteiger partial charge in [-0.2, -0.15) is 0 Å². The van der Waals surface area contributed by atoms with Crippen LogP contribution in [0.2, 0.25) is 0 Å². The summed E-state index contributed by atoms with van der Waals surface area (Å²) in [4.78, 5) is 0. The Morgan fingerprint density at radius 3 is 2.42 bits per heavy atom. The van der Waals surface area contributed by atoms with Gasteiger partial charge in [0.2, 0.25) is 0 Å². The number of nitrogens with two attached hydrogens (primary N) is 1. The van der Waals surface area contributed by atoms with Crippen molar-refractivity contribution >= 4 is 0 Å². The van der Waals surface area contributed by atoms with Crippen LogP contribution in [0.4, 0.5) is 0 Å². The van der Waals surface area contributed by atoms with E-state index in [1.165, 1.54) is 5.70 Å². The first-order chi connectivity index (χ1) is 5.67. The molecule has 0 aromatic rings. The quantitative estimate of drug-likeness (QED) is 0.507. The zero-order valence-corrected chi connectivity index (χ0v) is 8.80. The third-order valence-electron chi connectivity index (χ3n) is 2.24. The van der Waals surface area contributed by atoms with Gasteiger partial charge in [0.05, 0.1) is 0 Å². The van der Waals surface area contributed by atoms with Crippen LogP contribution in [-0.4, -0.2) is 11.1 Å². The van der Waals surface area contributed by atoms with E-state index in [2.05, 4.69) is 26.8 Å². The molecular formula is C10H22N2. The number of hydrazine groups is 1. The van der Waals surface area contributed by atoms with Crippen LogP contribution in [0, 0.1) is 0 Å². The average molecular weight is 170 g/mol. The van der Waals surface area contributed by atoms with Gasteiger partial charge in [-0.15, -0.1) is 0 Å². The molecule has 12 heavy (non-hydrogen) atoms. The summed E-state index contributed by atoms with van der Waals surface area (Å²) in [6.45, 7) is 8.53. The Hall–Kier alpha value is -0.500. The van der Waals surface area contributed by atoms with Crippen molar-refractivity contribution in [3.05, 3.63) is 11.8 Å². The first kappa shape index (κ1) is 11.5. The lowest BCUT2D eigenvalue weighted by Crippen LogP contribution is -2.37. The van der Waals surface area contributed by atoms with Gasteiger partial charge >= 0.3 is 0 Å². The molecule has 0 saturated carbocycles. The van der Waals surface area contributed by atoms with Crippen LogP contribution in [0.15, 0.2) is 11.8 Å². The SMILES string of the molecule is C/C=C(/CCC)N(N)C(C)CC. The lowest BCUT2D eigenvalue weighted by Gasteiger charge is -2.27. The molecule has 0 spiro atoms. The molecule has 2 heteroatoms. The highest BCUT2D eigenvalue weighted by Gasteiger charge is 2.09.